The first-order valence-electron chi connectivity index (χ1n) is 7.83. The second kappa shape index (κ2) is 6.21. The van der Waals surface area contributed by atoms with E-state index in [4.69, 9.17) is 4.98 Å². The van der Waals surface area contributed by atoms with Gasteiger partial charge in [-0.1, -0.05) is 55.8 Å². The Balaban J connectivity index is 2.17. The first-order chi connectivity index (χ1) is 11.1. The molecule has 2 aromatic carbocycles. The van der Waals surface area contributed by atoms with Gasteiger partial charge in [-0.25, -0.2) is 9.78 Å². The Labute approximate surface area is 135 Å². The molecule has 0 radical (unpaired) electrons. The van der Waals surface area contributed by atoms with Crippen LogP contribution in [0.5, 0.6) is 0 Å². The lowest BCUT2D eigenvalue weighted by Crippen LogP contribution is -2.01. The Bertz CT molecular complexity index is 867. The summed E-state index contributed by atoms with van der Waals surface area (Å²) in [4.78, 5) is 16.3. The summed E-state index contributed by atoms with van der Waals surface area (Å²) in [6.45, 7) is 4.11. The Kier molecular flexibility index (Phi) is 4.11. The number of hydrogen-bond acceptors (Lipinski definition) is 2. The number of rotatable bonds is 4. The van der Waals surface area contributed by atoms with Crippen molar-refractivity contribution in [3.05, 3.63) is 65.2 Å². The molecule has 1 heterocycles. The summed E-state index contributed by atoms with van der Waals surface area (Å²) < 4.78 is 0. The lowest BCUT2D eigenvalue weighted by Gasteiger charge is -2.09. The predicted octanol–water partition coefficient (Wildman–Crippen LogP) is 4.86. The smallest absolute Gasteiger partial charge is 0.336 e. The molecule has 3 heteroatoms. The Morgan fingerprint density at radius 3 is 2.52 bits per heavy atom. The molecule has 1 aromatic heterocycles. The zero-order valence-electron chi connectivity index (χ0n) is 13.3. The van der Waals surface area contributed by atoms with E-state index in [2.05, 4.69) is 19.1 Å². The van der Waals surface area contributed by atoms with E-state index in [9.17, 15) is 9.90 Å². The monoisotopic (exact) mass is 305 g/mol. The van der Waals surface area contributed by atoms with Crippen LogP contribution in [-0.4, -0.2) is 16.1 Å². The number of benzene rings is 2. The molecule has 0 fully saturated rings. The van der Waals surface area contributed by atoms with Crippen molar-refractivity contribution in [2.75, 3.05) is 0 Å². The van der Waals surface area contributed by atoms with Gasteiger partial charge in [-0.3, -0.25) is 0 Å². The summed E-state index contributed by atoms with van der Waals surface area (Å²) >= 11 is 0. The fourth-order valence-electron chi connectivity index (χ4n) is 2.85. The first kappa shape index (κ1) is 15.2. The van der Waals surface area contributed by atoms with Gasteiger partial charge >= 0.3 is 5.97 Å². The van der Waals surface area contributed by atoms with E-state index in [1.807, 2.05) is 37.3 Å². The third kappa shape index (κ3) is 2.95. The van der Waals surface area contributed by atoms with Crippen molar-refractivity contribution in [3.8, 4) is 11.3 Å². The summed E-state index contributed by atoms with van der Waals surface area (Å²) in [5.74, 6) is -0.924. The van der Waals surface area contributed by atoms with Crippen molar-refractivity contribution in [2.24, 2.45) is 0 Å². The average Bonchev–Trinajstić information content (AvgIpc) is 2.55. The van der Waals surface area contributed by atoms with E-state index < -0.39 is 5.97 Å². The van der Waals surface area contributed by atoms with Crippen LogP contribution in [0, 0.1) is 6.92 Å². The van der Waals surface area contributed by atoms with Crippen molar-refractivity contribution < 1.29 is 9.90 Å². The van der Waals surface area contributed by atoms with Crippen molar-refractivity contribution >= 4 is 16.9 Å². The van der Waals surface area contributed by atoms with Crippen LogP contribution in [0.3, 0.4) is 0 Å². The molecule has 0 spiro atoms. The lowest BCUT2D eigenvalue weighted by atomic mass is 10.0. The van der Waals surface area contributed by atoms with Crippen molar-refractivity contribution in [1.82, 2.24) is 4.98 Å². The molecule has 3 nitrogen and oxygen atoms in total. The molecule has 1 N–H and O–H groups in total. The third-order valence-corrected chi connectivity index (χ3v) is 4.06. The van der Waals surface area contributed by atoms with Gasteiger partial charge in [0.15, 0.2) is 0 Å². The molecular weight excluding hydrogens is 286 g/mol. The predicted molar refractivity (Wildman–Crippen MR) is 92.9 cm³/mol. The van der Waals surface area contributed by atoms with Gasteiger partial charge in [-0.05, 0) is 30.5 Å². The maximum Gasteiger partial charge on any atom is 0.336 e. The summed E-state index contributed by atoms with van der Waals surface area (Å²) in [6.07, 6.45) is 2.15. The summed E-state index contributed by atoms with van der Waals surface area (Å²) in [5, 5.41) is 10.2. The zero-order valence-corrected chi connectivity index (χ0v) is 13.3. The number of aromatic carboxylic acids is 1. The number of nitrogens with zero attached hydrogens (tertiary/aromatic N) is 1. The molecule has 0 unspecified atom stereocenters. The van der Waals surface area contributed by atoms with Crippen LogP contribution < -0.4 is 0 Å². The number of pyridine rings is 1. The molecule has 3 rings (SSSR count). The molecule has 0 aliphatic rings. The van der Waals surface area contributed by atoms with Gasteiger partial charge in [0.25, 0.3) is 0 Å². The van der Waals surface area contributed by atoms with Gasteiger partial charge in [0.2, 0.25) is 0 Å². The van der Waals surface area contributed by atoms with Crippen LogP contribution in [0.15, 0.2) is 48.5 Å². The molecule has 0 saturated heterocycles. The topological polar surface area (TPSA) is 50.2 Å². The normalized spacial score (nSPS) is 10.9. The molecule has 3 aromatic rings. The molecule has 0 atom stereocenters. The highest BCUT2D eigenvalue weighted by molar-refractivity contribution is 6.04. The van der Waals surface area contributed by atoms with Gasteiger partial charge in [0.1, 0.15) is 0 Å². The maximum atomic E-state index is 11.6. The molecule has 0 bridgehead atoms. The standard InChI is InChI=1S/C20H19NO2/c1-3-5-14-8-10-15(11-9-14)18-12-17(20(22)23)16-7-4-6-13(2)19(16)21-18/h4,6-12H,3,5H2,1-2H3,(H,22,23). The molecular formula is C20H19NO2. The molecule has 23 heavy (non-hydrogen) atoms. The van der Waals surface area contributed by atoms with Crippen LogP contribution in [0.25, 0.3) is 22.2 Å². The number of para-hydroxylation sites is 1. The number of carboxylic acids is 1. The highest BCUT2D eigenvalue weighted by Crippen LogP contribution is 2.27. The number of hydrogen-bond donors (Lipinski definition) is 1. The summed E-state index contributed by atoms with van der Waals surface area (Å²) in [6, 6.07) is 15.5. The Morgan fingerprint density at radius 1 is 1.13 bits per heavy atom. The van der Waals surface area contributed by atoms with Crippen molar-refractivity contribution in [3.63, 3.8) is 0 Å². The second-order valence-corrected chi connectivity index (χ2v) is 5.78. The minimum absolute atomic E-state index is 0.298. The van der Waals surface area contributed by atoms with Crippen LogP contribution >= 0.6 is 0 Å². The van der Waals surface area contributed by atoms with E-state index in [0.29, 0.717) is 16.6 Å². The molecule has 0 amide bonds. The minimum Gasteiger partial charge on any atom is -0.478 e. The van der Waals surface area contributed by atoms with Gasteiger partial charge in [0, 0.05) is 10.9 Å². The molecule has 0 aliphatic carbocycles. The van der Waals surface area contributed by atoms with E-state index in [-0.39, 0.29) is 0 Å². The number of aryl methyl sites for hydroxylation is 2. The number of aromatic nitrogens is 1. The van der Waals surface area contributed by atoms with Gasteiger partial charge < -0.3 is 5.11 Å². The van der Waals surface area contributed by atoms with Gasteiger partial charge in [-0.2, -0.15) is 0 Å². The van der Waals surface area contributed by atoms with E-state index in [1.54, 1.807) is 6.07 Å². The second-order valence-electron chi connectivity index (χ2n) is 5.78. The molecule has 0 aliphatic heterocycles. The van der Waals surface area contributed by atoms with Crippen molar-refractivity contribution in [2.45, 2.75) is 26.7 Å². The van der Waals surface area contributed by atoms with Crippen molar-refractivity contribution in [1.29, 1.82) is 0 Å². The van der Waals surface area contributed by atoms with E-state index >= 15 is 0 Å². The van der Waals surface area contributed by atoms with Gasteiger partial charge in [0.05, 0.1) is 16.8 Å². The van der Waals surface area contributed by atoms with Crippen LogP contribution in [0.1, 0.15) is 34.8 Å². The highest BCUT2D eigenvalue weighted by atomic mass is 16.4. The maximum absolute atomic E-state index is 11.6. The highest BCUT2D eigenvalue weighted by Gasteiger charge is 2.14. The molecule has 0 saturated carbocycles. The SMILES string of the molecule is CCCc1ccc(-c2cc(C(=O)O)c3cccc(C)c3n2)cc1. The zero-order chi connectivity index (χ0) is 16.4. The quantitative estimate of drug-likeness (QED) is 0.748. The van der Waals surface area contributed by atoms with E-state index in [1.165, 1.54) is 5.56 Å². The van der Waals surface area contributed by atoms with Gasteiger partial charge in [-0.15, -0.1) is 0 Å². The largest absolute Gasteiger partial charge is 0.478 e. The lowest BCUT2D eigenvalue weighted by molar-refractivity contribution is 0.0699. The third-order valence-electron chi connectivity index (χ3n) is 4.06. The summed E-state index contributed by atoms with van der Waals surface area (Å²) in [5.41, 5.74) is 4.96. The molecule has 116 valence electrons. The first-order valence-corrected chi connectivity index (χ1v) is 7.83. The minimum atomic E-state index is -0.924. The number of carbonyl (C=O) groups is 1. The number of fused-ring (bicyclic) bond motifs is 1. The summed E-state index contributed by atoms with van der Waals surface area (Å²) in [7, 11) is 0. The van der Waals surface area contributed by atoms with Crippen LogP contribution in [0.4, 0.5) is 0 Å². The average molecular weight is 305 g/mol. The number of carboxylic acid groups (broad SMARTS) is 1. The Morgan fingerprint density at radius 2 is 1.87 bits per heavy atom. The van der Waals surface area contributed by atoms with E-state index in [0.717, 1.165) is 29.5 Å². The van der Waals surface area contributed by atoms with Crippen LogP contribution in [0.2, 0.25) is 0 Å². The fourth-order valence-corrected chi connectivity index (χ4v) is 2.85. The van der Waals surface area contributed by atoms with Crippen LogP contribution in [-0.2, 0) is 6.42 Å². The Hall–Kier alpha value is -2.68. The fraction of sp³-hybridized carbons (Fsp3) is 0.200.